The summed E-state index contributed by atoms with van der Waals surface area (Å²) in [6, 6.07) is 0. The summed E-state index contributed by atoms with van der Waals surface area (Å²) in [7, 11) is 0. The summed E-state index contributed by atoms with van der Waals surface area (Å²) in [5.74, 6) is -0.633. The van der Waals surface area contributed by atoms with Crippen LogP contribution in [-0.4, -0.2) is 35.2 Å². The minimum absolute atomic E-state index is 0.0530. The molecule has 0 aromatic heterocycles. The molecule has 1 heterocycles. The fraction of sp³-hybridized carbons (Fsp3) is 0.850. The molecule has 0 radical (unpaired) electrons. The maximum atomic E-state index is 12.0. The lowest BCUT2D eigenvalue weighted by molar-refractivity contribution is -0.203. The Bertz CT molecular complexity index is 601. The van der Waals surface area contributed by atoms with Gasteiger partial charge in [0.2, 0.25) is 0 Å². The lowest BCUT2D eigenvalue weighted by Gasteiger charge is -2.57. The normalized spacial score (nSPS) is 41.7. The van der Waals surface area contributed by atoms with Crippen LogP contribution >= 0.6 is 0 Å². The third-order valence-electron chi connectivity index (χ3n) is 7.11. The second-order valence-corrected chi connectivity index (χ2v) is 8.86. The first-order valence-corrected chi connectivity index (χ1v) is 9.80. The highest BCUT2D eigenvalue weighted by Crippen LogP contribution is 2.63. The van der Waals surface area contributed by atoms with Gasteiger partial charge in [-0.1, -0.05) is 20.8 Å². The maximum absolute atomic E-state index is 12.0. The number of carbonyl (C=O) groups is 3. The maximum Gasteiger partial charge on any atom is 0.306 e. The number of carbonyl (C=O) groups excluding carboxylic acids is 2. The van der Waals surface area contributed by atoms with Crippen molar-refractivity contribution in [1.82, 2.24) is 0 Å². The molecule has 0 spiro atoms. The van der Waals surface area contributed by atoms with Gasteiger partial charge in [0.15, 0.2) is 0 Å². The molecule has 3 aliphatic rings. The molecule has 6 heteroatoms. The van der Waals surface area contributed by atoms with E-state index in [4.69, 9.17) is 9.47 Å². The van der Waals surface area contributed by atoms with Gasteiger partial charge in [0.1, 0.15) is 12.2 Å². The number of ether oxygens (including phenoxy) is 2. The molecule has 2 saturated carbocycles. The summed E-state index contributed by atoms with van der Waals surface area (Å²) < 4.78 is 11.6. The van der Waals surface area contributed by atoms with Crippen molar-refractivity contribution in [2.45, 2.75) is 84.3 Å². The monoisotopic (exact) mass is 366 g/mol. The summed E-state index contributed by atoms with van der Waals surface area (Å²) in [6.45, 7) is 6.03. The molecule has 1 aliphatic heterocycles. The average molecular weight is 366 g/mol. The van der Waals surface area contributed by atoms with Crippen LogP contribution in [0, 0.1) is 22.7 Å². The minimum atomic E-state index is -0.836. The van der Waals surface area contributed by atoms with Gasteiger partial charge in [0, 0.05) is 36.0 Å². The topological polar surface area (TPSA) is 89.9 Å². The Morgan fingerprint density at radius 3 is 2.65 bits per heavy atom. The van der Waals surface area contributed by atoms with Gasteiger partial charge >= 0.3 is 17.9 Å². The van der Waals surface area contributed by atoms with Crippen LogP contribution in [0.1, 0.15) is 72.1 Å². The van der Waals surface area contributed by atoms with Crippen LogP contribution in [0.4, 0.5) is 0 Å². The first kappa shape index (κ1) is 19.2. The van der Waals surface area contributed by atoms with Crippen molar-refractivity contribution in [2.75, 3.05) is 0 Å². The first-order valence-electron chi connectivity index (χ1n) is 9.80. The van der Waals surface area contributed by atoms with Crippen LogP contribution in [0.3, 0.4) is 0 Å². The van der Waals surface area contributed by atoms with E-state index in [1.165, 1.54) is 0 Å². The summed E-state index contributed by atoms with van der Waals surface area (Å²) in [6.07, 6.45) is 4.22. The van der Waals surface area contributed by atoms with Gasteiger partial charge in [-0.05, 0) is 38.0 Å². The van der Waals surface area contributed by atoms with Crippen LogP contribution in [0.5, 0.6) is 0 Å². The molecule has 1 saturated heterocycles. The van der Waals surface area contributed by atoms with E-state index in [1.54, 1.807) is 6.92 Å². The van der Waals surface area contributed by atoms with E-state index in [0.717, 1.165) is 19.3 Å². The second-order valence-electron chi connectivity index (χ2n) is 8.86. The molecule has 3 rings (SSSR count). The highest BCUT2D eigenvalue weighted by Gasteiger charge is 2.63. The molecule has 2 aliphatic carbocycles. The van der Waals surface area contributed by atoms with E-state index < -0.39 is 11.4 Å². The van der Waals surface area contributed by atoms with Crippen molar-refractivity contribution in [3.05, 3.63) is 0 Å². The van der Waals surface area contributed by atoms with Crippen LogP contribution in [-0.2, 0) is 23.9 Å². The fourth-order valence-electron chi connectivity index (χ4n) is 6.00. The molecule has 0 bridgehead atoms. The van der Waals surface area contributed by atoms with E-state index in [2.05, 4.69) is 6.92 Å². The van der Waals surface area contributed by atoms with Gasteiger partial charge in [0.25, 0.3) is 0 Å². The quantitative estimate of drug-likeness (QED) is 0.751. The molecular weight excluding hydrogens is 336 g/mol. The Morgan fingerprint density at radius 2 is 2.00 bits per heavy atom. The van der Waals surface area contributed by atoms with Crippen molar-refractivity contribution in [1.29, 1.82) is 0 Å². The van der Waals surface area contributed by atoms with Crippen molar-refractivity contribution in [3.63, 3.8) is 0 Å². The number of esters is 2. The van der Waals surface area contributed by atoms with Crippen LogP contribution in [0.25, 0.3) is 0 Å². The van der Waals surface area contributed by atoms with Gasteiger partial charge in [0.05, 0.1) is 0 Å². The predicted octanol–water partition coefficient (Wildman–Crippen LogP) is 3.32. The molecule has 6 atom stereocenters. The van der Waals surface area contributed by atoms with Gasteiger partial charge in [-0.3, -0.25) is 14.4 Å². The van der Waals surface area contributed by atoms with Gasteiger partial charge in [-0.2, -0.15) is 0 Å². The SMILES string of the molecule is CCC(=O)O[C@@H]1CC[C@H]2[C@H]3CCC(=O)O[C@@H]3[C@](C)(CCC(=O)O)C[C@]12C. The van der Waals surface area contributed by atoms with Crippen molar-refractivity contribution in [2.24, 2.45) is 22.7 Å². The molecule has 6 nitrogen and oxygen atoms in total. The van der Waals surface area contributed by atoms with Crippen LogP contribution < -0.4 is 0 Å². The Morgan fingerprint density at radius 1 is 1.27 bits per heavy atom. The molecule has 0 amide bonds. The van der Waals surface area contributed by atoms with Gasteiger partial charge in [-0.15, -0.1) is 0 Å². The number of aliphatic carboxylic acids is 1. The smallest absolute Gasteiger partial charge is 0.306 e. The zero-order valence-electron chi connectivity index (χ0n) is 16.0. The van der Waals surface area contributed by atoms with Gasteiger partial charge < -0.3 is 14.6 Å². The predicted molar refractivity (Wildman–Crippen MR) is 93.2 cm³/mol. The largest absolute Gasteiger partial charge is 0.481 e. The molecule has 26 heavy (non-hydrogen) atoms. The highest BCUT2D eigenvalue weighted by atomic mass is 16.6. The van der Waals surface area contributed by atoms with Crippen molar-refractivity contribution < 1.29 is 29.0 Å². The zero-order chi connectivity index (χ0) is 19.1. The Labute approximate surface area is 154 Å². The highest BCUT2D eigenvalue weighted by molar-refractivity contribution is 5.71. The molecule has 3 fully saturated rings. The lowest BCUT2D eigenvalue weighted by atomic mass is 9.51. The number of hydrogen-bond acceptors (Lipinski definition) is 5. The number of fused-ring (bicyclic) bond motifs is 3. The first-order chi connectivity index (χ1) is 12.2. The Hall–Kier alpha value is -1.59. The van der Waals surface area contributed by atoms with Crippen LogP contribution in [0.15, 0.2) is 0 Å². The van der Waals surface area contributed by atoms with Gasteiger partial charge in [-0.25, -0.2) is 0 Å². The third kappa shape index (κ3) is 3.23. The number of rotatable bonds is 5. The van der Waals surface area contributed by atoms with E-state index in [1.807, 2.05) is 6.92 Å². The zero-order valence-corrected chi connectivity index (χ0v) is 16.0. The standard InChI is InChI=1S/C20H30O6/c1-4-16(23)25-14-7-6-13-12-5-8-17(24)26-18(12)19(2,10-9-15(21)22)11-20(13,14)3/h12-14,18H,4-11H2,1-3H3,(H,21,22)/t12-,13+,14-,18+,19-,20+/m1/s1. The van der Waals surface area contributed by atoms with Crippen molar-refractivity contribution in [3.8, 4) is 0 Å². The summed E-state index contributed by atoms with van der Waals surface area (Å²) in [4.78, 5) is 35.1. The molecule has 146 valence electrons. The van der Waals surface area contributed by atoms with E-state index in [-0.39, 0.29) is 41.9 Å². The van der Waals surface area contributed by atoms with E-state index >= 15 is 0 Å². The fourth-order valence-corrected chi connectivity index (χ4v) is 6.00. The number of carboxylic acid groups (broad SMARTS) is 1. The Kier molecular flexibility index (Phi) is 5.06. The van der Waals surface area contributed by atoms with E-state index in [9.17, 15) is 19.5 Å². The van der Waals surface area contributed by atoms with Crippen LogP contribution in [0.2, 0.25) is 0 Å². The summed E-state index contributed by atoms with van der Waals surface area (Å²) in [5.41, 5.74) is -0.603. The molecule has 0 aromatic carbocycles. The molecule has 0 unspecified atom stereocenters. The van der Waals surface area contributed by atoms with E-state index in [0.29, 0.717) is 31.6 Å². The average Bonchev–Trinajstić information content (AvgIpc) is 2.89. The molecule has 1 N–H and O–H groups in total. The summed E-state index contributed by atoms with van der Waals surface area (Å²) >= 11 is 0. The van der Waals surface area contributed by atoms with Crippen molar-refractivity contribution >= 4 is 17.9 Å². The third-order valence-corrected chi connectivity index (χ3v) is 7.11. The summed E-state index contributed by atoms with van der Waals surface area (Å²) in [5, 5.41) is 9.18. The second kappa shape index (κ2) is 6.86. The Balaban J connectivity index is 1.91. The number of hydrogen-bond donors (Lipinski definition) is 1. The number of carboxylic acids is 1. The lowest BCUT2D eigenvalue weighted by Crippen LogP contribution is -2.58. The molecular formula is C20H30O6. The minimum Gasteiger partial charge on any atom is -0.481 e. The molecule has 0 aromatic rings.